The molecule has 2 N–H and O–H groups in total. The Kier molecular flexibility index (Phi) is 3.79. The summed E-state index contributed by atoms with van der Waals surface area (Å²) in [6.07, 6.45) is 1.51. The molecule has 2 aromatic rings. The van der Waals surface area contributed by atoms with E-state index in [1.165, 1.54) is 11.8 Å². The lowest BCUT2D eigenvalue weighted by atomic mass is 10.2. The number of anilines is 1. The van der Waals surface area contributed by atoms with Crippen molar-refractivity contribution in [2.75, 3.05) is 12.4 Å². The van der Waals surface area contributed by atoms with Crippen LogP contribution in [0.25, 0.3) is 0 Å². The van der Waals surface area contributed by atoms with Crippen LogP contribution in [0.3, 0.4) is 0 Å². The Morgan fingerprint density at radius 1 is 1.22 bits per heavy atom. The zero-order chi connectivity index (χ0) is 13.0. The molecule has 1 heterocycles. The van der Waals surface area contributed by atoms with Crippen molar-refractivity contribution in [3.05, 3.63) is 53.5 Å². The molecule has 18 heavy (non-hydrogen) atoms. The third-order valence-electron chi connectivity index (χ3n) is 2.70. The number of furan rings is 1. The quantitative estimate of drug-likeness (QED) is 0.869. The van der Waals surface area contributed by atoms with Gasteiger partial charge in [-0.3, -0.25) is 4.79 Å². The van der Waals surface area contributed by atoms with Crippen molar-refractivity contribution in [1.29, 1.82) is 0 Å². The highest BCUT2D eigenvalue weighted by Crippen LogP contribution is 2.14. The number of amides is 1. The predicted octanol–water partition coefficient (Wildman–Crippen LogP) is 2.56. The lowest BCUT2D eigenvalue weighted by Crippen LogP contribution is -2.12. The second kappa shape index (κ2) is 5.51. The fraction of sp³-hybridized carbons (Fsp3) is 0.214. The summed E-state index contributed by atoms with van der Waals surface area (Å²) in [5.74, 6) is 0.474. The Hall–Kier alpha value is -2.07. The van der Waals surface area contributed by atoms with E-state index in [0.29, 0.717) is 11.3 Å². The summed E-state index contributed by atoms with van der Waals surface area (Å²) >= 11 is 0. The predicted molar refractivity (Wildman–Crippen MR) is 70.6 cm³/mol. The molecule has 94 valence electrons. The van der Waals surface area contributed by atoms with Crippen LogP contribution in [0.4, 0.5) is 5.69 Å². The summed E-state index contributed by atoms with van der Waals surface area (Å²) in [6.45, 7) is 2.58. The maximum absolute atomic E-state index is 11.9. The van der Waals surface area contributed by atoms with Gasteiger partial charge in [-0.05, 0) is 37.7 Å². The minimum atomic E-state index is -0.150. The molecule has 0 aliphatic carbocycles. The van der Waals surface area contributed by atoms with Gasteiger partial charge in [0.15, 0.2) is 0 Å². The smallest absolute Gasteiger partial charge is 0.259 e. The average molecular weight is 244 g/mol. The topological polar surface area (TPSA) is 54.3 Å². The van der Waals surface area contributed by atoms with E-state index in [1.807, 2.05) is 31.3 Å². The second-order valence-corrected chi connectivity index (χ2v) is 4.07. The molecule has 4 heteroatoms. The van der Waals surface area contributed by atoms with Gasteiger partial charge in [0.2, 0.25) is 0 Å². The molecule has 2 rings (SSSR count). The Bertz CT molecular complexity index is 529. The third-order valence-corrected chi connectivity index (χ3v) is 2.70. The Balaban J connectivity index is 2.05. The van der Waals surface area contributed by atoms with Crippen LogP contribution < -0.4 is 10.6 Å². The van der Waals surface area contributed by atoms with Gasteiger partial charge in [0.05, 0.1) is 11.8 Å². The first-order valence-corrected chi connectivity index (χ1v) is 5.79. The zero-order valence-corrected chi connectivity index (χ0v) is 10.5. The maximum atomic E-state index is 11.9. The monoisotopic (exact) mass is 244 g/mol. The summed E-state index contributed by atoms with van der Waals surface area (Å²) < 4.78 is 5.11. The number of aryl methyl sites for hydroxylation is 1. The summed E-state index contributed by atoms with van der Waals surface area (Å²) in [5.41, 5.74) is 2.52. The van der Waals surface area contributed by atoms with E-state index in [1.54, 1.807) is 13.0 Å². The number of carbonyl (C=O) groups excluding carboxylic acids is 1. The molecule has 0 saturated heterocycles. The summed E-state index contributed by atoms with van der Waals surface area (Å²) in [7, 11) is 1.90. The minimum Gasteiger partial charge on any atom is -0.469 e. The zero-order valence-electron chi connectivity index (χ0n) is 10.5. The van der Waals surface area contributed by atoms with Crippen molar-refractivity contribution in [3.8, 4) is 0 Å². The molecule has 0 saturated carbocycles. The molecule has 1 amide bonds. The third kappa shape index (κ3) is 2.78. The van der Waals surface area contributed by atoms with Crippen LogP contribution in [0.1, 0.15) is 21.7 Å². The van der Waals surface area contributed by atoms with Crippen LogP contribution in [0.2, 0.25) is 0 Å². The van der Waals surface area contributed by atoms with Gasteiger partial charge in [0.1, 0.15) is 5.76 Å². The average Bonchev–Trinajstić information content (AvgIpc) is 2.78. The number of rotatable bonds is 4. The maximum Gasteiger partial charge on any atom is 0.259 e. The Morgan fingerprint density at radius 2 is 1.94 bits per heavy atom. The van der Waals surface area contributed by atoms with E-state index >= 15 is 0 Å². The van der Waals surface area contributed by atoms with E-state index in [0.717, 1.165) is 12.2 Å². The highest BCUT2D eigenvalue weighted by Gasteiger charge is 2.11. The standard InChI is InChI=1S/C14H16N2O2/c1-10-13(7-8-18-10)14(17)16-12-5-3-11(4-6-12)9-15-2/h3-8,15H,9H2,1-2H3,(H,16,17). The number of hydrogen-bond acceptors (Lipinski definition) is 3. The lowest BCUT2D eigenvalue weighted by molar-refractivity contribution is 0.102. The molecule has 1 aromatic heterocycles. The van der Waals surface area contributed by atoms with Crippen LogP contribution in [0, 0.1) is 6.92 Å². The largest absolute Gasteiger partial charge is 0.469 e. The van der Waals surface area contributed by atoms with Gasteiger partial charge in [0, 0.05) is 12.2 Å². The van der Waals surface area contributed by atoms with Crippen molar-refractivity contribution in [3.63, 3.8) is 0 Å². The molecular formula is C14H16N2O2. The van der Waals surface area contributed by atoms with E-state index in [9.17, 15) is 4.79 Å². The Morgan fingerprint density at radius 3 is 2.50 bits per heavy atom. The molecular weight excluding hydrogens is 228 g/mol. The lowest BCUT2D eigenvalue weighted by Gasteiger charge is -2.05. The van der Waals surface area contributed by atoms with Crippen LogP contribution >= 0.6 is 0 Å². The number of benzene rings is 1. The fourth-order valence-electron chi connectivity index (χ4n) is 1.73. The highest BCUT2D eigenvalue weighted by molar-refractivity contribution is 6.04. The first-order chi connectivity index (χ1) is 8.70. The summed E-state index contributed by atoms with van der Waals surface area (Å²) in [5, 5.41) is 5.91. The van der Waals surface area contributed by atoms with Crippen molar-refractivity contribution in [1.82, 2.24) is 5.32 Å². The minimum absolute atomic E-state index is 0.150. The molecule has 0 radical (unpaired) electrons. The first-order valence-electron chi connectivity index (χ1n) is 5.79. The van der Waals surface area contributed by atoms with Gasteiger partial charge in [-0.15, -0.1) is 0 Å². The van der Waals surface area contributed by atoms with Crippen molar-refractivity contribution >= 4 is 11.6 Å². The second-order valence-electron chi connectivity index (χ2n) is 4.07. The first kappa shape index (κ1) is 12.4. The molecule has 0 bridgehead atoms. The SMILES string of the molecule is CNCc1ccc(NC(=O)c2ccoc2C)cc1. The van der Waals surface area contributed by atoms with Crippen LogP contribution in [-0.4, -0.2) is 13.0 Å². The van der Waals surface area contributed by atoms with Crippen molar-refractivity contribution < 1.29 is 9.21 Å². The van der Waals surface area contributed by atoms with Crippen molar-refractivity contribution in [2.45, 2.75) is 13.5 Å². The van der Waals surface area contributed by atoms with Crippen LogP contribution in [0.5, 0.6) is 0 Å². The van der Waals surface area contributed by atoms with Gasteiger partial charge < -0.3 is 15.1 Å². The molecule has 0 fully saturated rings. The molecule has 0 unspecified atom stereocenters. The summed E-state index contributed by atoms with van der Waals surface area (Å²) in [6, 6.07) is 9.41. The van der Waals surface area contributed by atoms with E-state index in [2.05, 4.69) is 10.6 Å². The summed E-state index contributed by atoms with van der Waals surface area (Å²) in [4.78, 5) is 11.9. The van der Waals surface area contributed by atoms with Gasteiger partial charge in [-0.25, -0.2) is 0 Å². The number of carbonyl (C=O) groups is 1. The number of hydrogen-bond donors (Lipinski definition) is 2. The Labute approximate surface area is 106 Å². The fourth-order valence-corrected chi connectivity index (χ4v) is 1.73. The molecule has 4 nitrogen and oxygen atoms in total. The highest BCUT2D eigenvalue weighted by atomic mass is 16.3. The van der Waals surface area contributed by atoms with Crippen LogP contribution in [-0.2, 0) is 6.54 Å². The van der Waals surface area contributed by atoms with Gasteiger partial charge in [-0.1, -0.05) is 12.1 Å². The molecule has 0 aliphatic heterocycles. The number of nitrogens with one attached hydrogen (secondary N) is 2. The van der Waals surface area contributed by atoms with Gasteiger partial charge >= 0.3 is 0 Å². The molecule has 0 atom stereocenters. The van der Waals surface area contributed by atoms with Crippen molar-refractivity contribution in [2.24, 2.45) is 0 Å². The molecule has 0 spiro atoms. The van der Waals surface area contributed by atoms with E-state index in [4.69, 9.17) is 4.42 Å². The van der Waals surface area contributed by atoms with Gasteiger partial charge in [0.25, 0.3) is 5.91 Å². The van der Waals surface area contributed by atoms with Gasteiger partial charge in [-0.2, -0.15) is 0 Å². The normalized spacial score (nSPS) is 10.3. The van der Waals surface area contributed by atoms with E-state index < -0.39 is 0 Å². The van der Waals surface area contributed by atoms with E-state index in [-0.39, 0.29) is 5.91 Å². The molecule has 1 aromatic carbocycles. The molecule has 0 aliphatic rings. The van der Waals surface area contributed by atoms with Crippen LogP contribution in [0.15, 0.2) is 41.0 Å².